The summed E-state index contributed by atoms with van der Waals surface area (Å²) in [5, 5.41) is 3.01. The summed E-state index contributed by atoms with van der Waals surface area (Å²) in [5.41, 5.74) is 0.829. The Kier molecular flexibility index (Phi) is 5.20. The molecule has 0 spiro atoms. The molecule has 1 aliphatic heterocycles. The number of benzene rings is 1. The lowest BCUT2D eigenvalue weighted by molar-refractivity contribution is 0.390. The summed E-state index contributed by atoms with van der Waals surface area (Å²) in [4.78, 5) is 16.9. The molecule has 0 radical (unpaired) electrons. The van der Waals surface area contributed by atoms with E-state index in [9.17, 15) is 12.8 Å². The molecule has 10 heteroatoms. The minimum Gasteiger partial charge on any atom is -0.322 e. The fourth-order valence-electron chi connectivity index (χ4n) is 3.33. The van der Waals surface area contributed by atoms with E-state index in [0.29, 0.717) is 36.7 Å². The molecule has 3 heterocycles. The average molecular weight is 414 g/mol. The van der Waals surface area contributed by atoms with E-state index in [1.807, 2.05) is 0 Å². The van der Waals surface area contributed by atoms with Gasteiger partial charge in [-0.25, -0.2) is 22.8 Å². The molecular formula is C19H19FN6O2S. The van der Waals surface area contributed by atoms with Crippen LogP contribution < -0.4 is 5.32 Å². The van der Waals surface area contributed by atoms with E-state index in [1.165, 1.54) is 28.7 Å². The number of halogens is 1. The number of anilines is 2. The monoisotopic (exact) mass is 414 g/mol. The molecule has 1 fully saturated rings. The first kappa shape index (κ1) is 19.3. The summed E-state index contributed by atoms with van der Waals surface area (Å²) in [6.07, 6.45) is 9.10. The zero-order valence-electron chi connectivity index (χ0n) is 15.7. The summed E-state index contributed by atoms with van der Waals surface area (Å²) in [5.74, 6) is 0.525. The molecule has 8 nitrogen and oxygen atoms in total. The molecule has 1 N–H and O–H groups in total. The van der Waals surface area contributed by atoms with E-state index in [0.717, 1.165) is 0 Å². The van der Waals surface area contributed by atoms with Gasteiger partial charge in [0.15, 0.2) is 0 Å². The van der Waals surface area contributed by atoms with Crippen LogP contribution in [-0.4, -0.2) is 39.2 Å². The summed E-state index contributed by atoms with van der Waals surface area (Å²) >= 11 is 0. The van der Waals surface area contributed by atoms with Crippen LogP contribution in [0.4, 0.5) is 16.0 Å². The summed E-state index contributed by atoms with van der Waals surface area (Å²) < 4.78 is 41.4. The minimum atomic E-state index is -3.79. The molecule has 1 atom stereocenters. The number of nitrogens with zero attached hydrogens (tertiary/aromatic N) is 5. The third-order valence-electron chi connectivity index (χ3n) is 4.75. The Bertz CT molecular complexity index is 1130. The van der Waals surface area contributed by atoms with Crippen molar-refractivity contribution in [2.24, 2.45) is 0 Å². The Morgan fingerprint density at radius 1 is 1.14 bits per heavy atom. The van der Waals surface area contributed by atoms with Gasteiger partial charge in [0.1, 0.15) is 17.5 Å². The molecule has 1 aromatic carbocycles. The highest BCUT2D eigenvalue weighted by atomic mass is 32.2. The van der Waals surface area contributed by atoms with Gasteiger partial charge >= 0.3 is 0 Å². The van der Waals surface area contributed by atoms with Gasteiger partial charge in [-0.2, -0.15) is 4.31 Å². The highest BCUT2D eigenvalue weighted by Crippen LogP contribution is 2.36. The molecule has 150 valence electrons. The number of aromatic nitrogens is 4. The van der Waals surface area contributed by atoms with Crippen LogP contribution in [0.25, 0.3) is 0 Å². The molecule has 0 saturated carbocycles. The van der Waals surface area contributed by atoms with Crippen molar-refractivity contribution in [1.82, 2.24) is 24.2 Å². The Labute approximate surface area is 167 Å². The van der Waals surface area contributed by atoms with Crippen LogP contribution in [0.2, 0.25) is 0 Å². The molecule has 1 saturated heterocycles. The van der Waals surface area contributed by atoms with Crippen molar-refractivity contribution in [3.8, 4) is 0 Å². The topological polar surface area (TPSA) is 101 Å². The van der Waals surface area contributed by atoms with E-state index in [-0.39, 0.29) is 10.5 Å². The van der Waals surface area contributed by atoms with Gasteiger partial charge in [-0.1, -0.05) is 0 Å². The van der Waals surface area contributed by atoms with Crippen LogP contribution in [0, 0.1) is 12.7 Å². The smallest absolute Gasteiger partial charge is 0.243 e. The van der Waals surface area contributed by atoms with Crippen LogP contribution in [0.3, 0.4) is 0 Å². The van der Waals surface area contributed by atoms with Crippen molar-refractivity contribution in [3.05, 3.63) is 66.3 Å². The van der Waals surface area contributed by atoms with Crippen LogP contribution >= 0.6 is 0 Å². The largest absolute Gasteiger partial charge is 0.322 e. The SMILES string of the molecule is Cc1cc(S(=O)(=O)N2CCCC2c2cncc(Nc3cnccn3)n2)ccc1F. The predicted molar refractivity (Wildman–Crippen MR) is 104 cm³/mol. The average Bonchev–Trinajstić information content (AvgIpc) is 3.22. The first-order valence-corrected chi connectivity index (χ1v) is 10.5. The minimum absolute atomic E-state index is 0.0742. The maximum absolute atomic E-state index is 13.6. The van der Waals surface area contributed by atoms with Gasteiger partial charge in [0.25, 0.3) is 0 Å². The number of aryl methyl sites for hydroxylation is 1. The van der Waals surface area contributed by atoms with E-state index in [4.69, 9.17) is 0 Å². The van der Waals surface area contributed by atoms with E-state index >= 15 is 0 Å². The summed E-state index contributed by atoms with van der Waals surface area (Å²) in [6.45, 7) is 1.91. The van der Waals surface area contributed by atoms with Gasteiger partial charge in [0.05, 0.1) is 35.2 Å². The first-order chi connectivity index (χ1) is 13.9. The van der Waals surface area contributed by atoms with Gasteiger partial charge in [0.2, 0.25) is 10.0 Å². The Balaban J connectivity index is 1.63. The van der Waals surface area contributed by atoms with Gasteiger partial charge in [-0.05, 0) is 43.5 Å². The third kappa shape index (κ3) is 3.94. The van der Waals surface area contributed by atoms with Crippen LogP contribution in [0.15, 0.2) is 54.1 Å². The second-order valence-corrected chi connectivity index (χ2v) is 8.62. The fourth-order valence-corrected chi connectivity index (χ4v) is 5.09. The maximum atomic E-state index is 13.6. The van der Waals surface area contributed by atoms with Crippen molar-refractivity contribution in [2.75, 3.05) is 11.9 Å². The zero-order valence-corrected chi connectivity index (χ0v) is 16.5. The second kappa shape index (κ2) is 7.80. The first-order valence-electron chi connectivity index (χ1n) is 9.08. The van der Waals surface area contributed by atoms with Gasteiger partial charge < -0.3 is 5.32 Å². The number of hydrogen-bond acceptors (Lipinski definition) is 7. The van der Waals surface area contributed by atoms with Crippen molar-refractivity contribution in [1.29, 1.82) is 0 Å². The molecule has 3 aromatic rings. The van der Waals surface area contributed by atoms with E-state index in [2.05, 4.69) is 25.3 Å². The third-order valence-corrected chi connectivity index (χ3v) is 6.66. The highest BCUT2D eigenvalue weighted by Gasteiger charge is 2.37. The molecular weight excluding hydrogens is 395 g/mol. The van der Waals surface area contributed by atoms with Crippen LogP contribution in [0.5, 0.6) is 0 Å². The van der Waals surface area contributed by atoms with Crippen molar-refractivity contribution >= 4 is 21.7 Å². The number of sulfonamides is 1. The molecule has 0 amide bonds. The number of hydrogen-bond donors (Lipinski definition) is 1. The normalized spacial score (nSPS) is 17.4. The summed E-state index contributed by atoms with van der Waals surface area (Å²) in [7, 11) is -3.79. The van der Waals surface area contributed by atoms with E-state index < -0.39 is 21.9 Å². The molecule has 1 aliphatic rings. The number of rotatable bonds is 5. The number of nitrogens with one attached hydrogen (secondary N) is 1. The predicted octanol–water partition coefficient (Wildman–Crippen LogP) is 2.98. The van der Waals surface area contributed by atoms with Crippen molar-refractivity contribution in [3.63, 3.8) is 0 Å². The second-order valence-electron chi connectivity index (χ2n) is 6.73. The molecule has 29 heavy (non-hydrogen) atoms. The molecule has 1 unspecified atom stereocenters. The highest BCUT2D eigenvalue weighted by molar-refractivity contribution is 7.89. The molecule has 4 rings (SSSR count). The summed E-state index contributed by atoms with van der Waals surface area (Å²) in [6, 6.07) is 3.39. The van der Waals surface area contributed by atoms with Crippen LogP contribution in [-0.2, 0) is 10.0 Å². The van der Waals surface area contributed by atoms with E-state index in [1.54, 1.807) is 31.7 Å². The maximum Gasteiger partial charge on any atom is 0.243 e. The van der Waals surface area contributed by atoms with Crippen molar-refractivity contribution in [2.45, 2.75) is 30.7 Å². The lowest BCUT2D eigenvalue weighted by Crippen LogP contribution is -2.31. The van der Waals surface area contributed by atoms with Gasteiger partial charge in [-0.3, -0.25) is 9.97 Å². The molecule has 0 aliphatic carbocycles. The quantitative estimate of drug-likeness (QED) is 0.685. The Morgan fingerprint density at radius 3 is 2.72 bits per heavy atom. The lowest BCUT2D eigenvalue weighted by Gasteiger charge is -2.24. The standard InChI is InChI=1S/C19H19FN6O2S/c1-13-9-14(4-5-15(13)20)29(27,28)26-8-2-3-17(26)16-10-22-12-19(24-16)25-18-11-21-6-7-23-18/h4-7,9-12,17H,2-3,8H2,1H3,(H,23,24,25). The zero-order chi connectivity index (χ0) is 20.4. The van der Waals surface area contributed by atoms with Crippen molar-refractivity contribution < 1.29 is 12.8 Å². The Morgan fingerprint density at radius 2 is 1.97 bits per heavy atom. The van der Waals surface area contributed by atoms with Gasteiger partial charge in [0, 0.05) is 18.9 Å². The van der Waals surface area contributed by atoms with Gasteiger partial charge in [-0.15, -0.1) is 0 Å². The fraction of sp³-hybridized carbons (Fsp3) is 0.263. The Hall–Kier alpha value is -2.98. The lowest BCUT2D eigenvalue weighted by atomic mass is 10.2. The van der Waals surface area contributed by atoms with Crippen LogP contribution in [0.1, 0.15) is 30.1 Å². The molecule has 2 aromatic heterocycles. The molecule has 0 bridgehead atoms.